The summed E-state index contributed by atoms with van der Waals surface area (Å²) in [7, 11) is 0. The number of hydrogen-bond acceptors (Lipinski definition) is 3. The molecule has 120 valence electrons. The number of rotatable bonds is 0. The second-order valence-corrected chi connectivity index (χ2v) is 6.25. The molecular weight excluding hydrogens is 336 g/mol. The molecule has 0 spiro atoms. The van der Waals surface area contributed by atoms with Crippen molar-refractivity contribution in [2.45, 2.75) is 0 Å². The summed E-state index contributed by atoms with van der Waals surface area (Å²) < 4.78 is 1.97. The van der Waals surface area contributed by atoms with Gasteiger partial charge in [-0.25, -0.2) is 4.98 Å². The van der Waals surface area contributed by atoms with E-state index in [1.807, 2.05) is 35.1 Å². The quantitative estimate of drug-likeness (QED) is 0.532. The number of benzene rings is 1. The maximum Gasteiger partial charge on any atom is 0.180 e. The van der Waals surface area contributed by atoms with Crippen LogP contribution in [-0.4, -0.2) is 25.5 Å². The molecule has 1 aromatic rings. The van der Waals surface area contributed by atoms with Gasteiger partial charge in [0.2, 0.25) is 0 Å². The third-order valence-corrected chi connectivity index (χ3v) is 4.72. The molecule has 5 nitrogen and oxygen atoms in total. The smallest absolute Gasteiger partial charge is 0.180 e. The van der Waals surface area contributed by atoms with Crippen molar-refractivity contribution in [3.8, 4) is 16.8 Å². The van der Waals surface area contributed by atoms with Crippen LogP contribution < -0.4 is 5.22 Å². The van der Waals surface area contributed by atoms with Gasteiger partial charge in [-0.05, 0) is 30.4 Å². The van der Waals surface area contributed by atoms with E-state index in [1.165, 1.54) is 12.2 Å². The summed E-state index contributed by atoms with van der Waals surface area (Å²) in [6, 6.07) is 8.03. The van der Waals surface area contributed by atoms with Gasteiger partial charge < -0.3 is 0 Å². The summed E-state index contributed by atoms with van der Waals surface area (Å²) >= 11 is 6.31. The number of H-pyrrole nitrogens is 1. The summed E-state index contributed by atoms with van der Waals surface area (Å²) in [5, 5.41) is 4.49. The number of carbonyl (C=O) groups excluding carboxylic acids is 1. The highest BCUT2D eigenvalue weighted by atomic mass is 35.5. The molecule has 5 rings (SSSR count). The number of aromatic nitrogens is 4. The van der Waals surface area contributed by atoms with Crippen LogP contribution in [0.5, 0.6) is 0 Å². The van der Waals surface area contributed by atoms with E-state index in [-0.39, 0.29) is 5.78 Å². The van der Waals surface area contributed by atoms with Crippen molar-refractivity contribution in [1.29, 1.82) is 0 Å². The van der Waals surface area contributed by atoms with Crippen LogP contribution in [0.2, 0.25) is 0 Å². The van der Waals surface area contributed by atoms with Gasteiger partial charge in [-0.3, -0.25) is 19.6 Å². The highest BCUT2D eigenvalue weighted by Crippen LogP contribution is 2.32. The van der Waals surface area contributed by atoms with Crippen LogP contribution in [-0.2, 0) is 4.79 Å². The molecule has 0 saturated carbocycles. The molecule has 1 aliphatic carbocycles. The number of ketones is 1. The second kappa shape index (κ2) is 5.16. The van der Waals surface area contributed by atoms with Crippen LogP contribution in [0.15, 0.2) is 66.2 Å². The maximum absolute atomic E-state index is 11.5. The topological polar surface area (TPSA) is 63.6 Å². The zero-order chi connectivity index (χ0) is 17.0. The third kappa shape index (κ3) is 2.06. The first-order chi connectivity index (χ1) is 12.2. The van der Waals surface area contributed by atoms with E-state index in [9.17, 15) is 4.79 Å². The zero-order valence-corrected chi connectivity index (χ0v) is 13.7. The van der Waals surface area contributed by atoms with E-state index in [0.29, 0.717) is 5.03 Å². The molecule has 0 atom stereocenters. The van der Waals surface area contributed by atoms with E-state index in [1.54, 1.807) is 18.6 Å². The van der Waals surface area contributed by atoms with E-state index in [2.05, 4.69) is 15.1 Å². The van der Waals surface area contributed by atoms with Crippen molar-refractivity contribution in [3.63, 3.8) is 0 Å². The molecule has 3 aliphatic heterocycles. The molecule has 0 saturated heterocycles. The van der Waals surface area contributed by atoms with Crippen molar-refractivity contribution in [1.82, 2.24) is 19.7 Å². The fraction of sp³-hybridized carbons (Fsp3) is 0. The molecule has 6 heteroatoms. The van der Waals surface area contributed by atoms with Gasteiger partial charge in [-0.1, -0.05) is 17.7 Å². The van der Waals surface area contributed by atoms with Crippen molar-refractivity contribution >= 4 is 34.0 Å². The van der Waals surface area contributed by atoms with Gasteiger partial charge in [0, 0.05) is 34.2 Å². The molecule has 0 radical (unpaired) electrons. The Morgan fingerprint density at radius 3 is 2.88 bits per heavy atom. The SMILES string of the molecule is O=C1C=C/C(=c2\ccc3c4c2ncc-4ccc2cnc[nH]n3-2)C(Cl)=C1. The minimum absolute atomic E-state index is 0.106. The van der Waals surface area contributed by atoms with Gasteiger partial charge in [0.15, 0.2) is 5.78 Å². The molecule has 1 aromatic carbocycles. The number of halogens is 1. The number of hydrogen-bond donors (Lipinski definition) is 1. The minimum atomic E-state index is -0.106. The maximum atomic E-state index is 11.5. The monoisotopic (exact) mass is 346 g/mol. The molecule has 0 amide bonds. The molecule has 25 heavy (non-hydrogen) atoms. The summed E-state index contributed by atoms with van der Waals surface area (Å²) in [5.74, 6) is -0.106. The number of carbonyl (C=O) groups is 1. The zero-order valence-electron chi connectivity index (χ0n) is 12.9. The van der Waals surface area contributed by atoms with E-state index in [4.69, 9.17) is 11.6 Å². The lowest BCUT2D eigenvalue weighted by Crippen LogP contribution is -2.11. The fourth-order valence-corrected chi connectivity index (χ4v) is 3.55. The average molecular weight is 347 g/mol. The lowest BCUT2D eigenvalue weighted by molar-refractivity contribution is -0.110. The summed E-state index contributed by atoms with van der Waals surface area (Å²) in [6.45, 7) is 0. The number of nitrogens with one attached hydrogen (secondary N) is 1. The van der Waals surface area contributed by atoms with Crippen molar-refractivity contribution in [3.05, 3.63) is 71.5 Å². The van der Waals surface area contributed by atoms with Gasteiger partial charge in [0.1, 0.15) is 6.33 Å². The van der Waals surface area contributed by atoms with E-state index < -0.39 is 0 Å². The summed E-state index contributed by atoms with van der Waals surface area (Å²) in [6.07, 6.45) is 10.00. The van der Waals surface area contributed by atoms with Crippen LogP contribution in [0.3, 0.4) is 0 Å². The average Bonchev–Trinajstić information content (AvgIpc) is 2.97. The molecular formula is C19H11ClN4O. The lowest BCUT2D eigenvalue weighted by Gasteiger charge is -2.11. The highest BCUT2D eigenvalue weighted by Gasteiger charge is 2.18. The molecule has 4 aliphatic rings. The Kier molecular flexibility index (Phi) is 2.93. The van der Waals surface area contributed by atoms with Crippen LogP contribution in [0, 0.1) is 0 Å². The standard InChI is InChI=1S/C19H11ClN4O/c20-16-7-13(25)3-4-14(16)15-5-6-17-18-11(8-22-19(15)18)1-2-12-9-21-10-23-24(12)17/h1-10H,(H,21,23)/b15-14-. The number of aromatic amines is 1. The Morgan fingerprint density at radius 1 is 1.08 bits per heavy atom. The normalized spacial score (nSPS) is 16.8. The molecule has 1 N–H and O–H groups in total. The minimum Gasteiger partial charge on any atom is -0.290 e. The van der Waals surface area contributed by atoms with E-state index in [0.717, 1.165) is 38.6 Å². The Morgan fingerprint density at radius 2 is 2.00 bits per heavy atom. The van der Waals surface area contributed by atoms with Crippen molar-refractivity contribution in [2.75, 3.05) is 0 Å². The van der Waals surface area contributed by atoms with Crippen molar-refractivity contribution in [2.24, 2.45) is 0 Å². The number of fused-ring (bicyclic) bond motifs is 2. The largest absolute Gasteiger partial charge is 0.290 e. The van der Waals surface area contributed by atoms with Crippen LogP contribution in [0.4, 0.5) is 0 Å². The number of allylic oxidation sites excluding steroid dienone is 4. The summed E-state index contributed by atoms with van der Waals surface area (Å²) in [5.41, 5.74) is 5.65. The van der Waals surface area contributed by atoms with Gasteiger partial charge in [-0.2, -0.15) is 0 Å². The molecule has 0 aromatic heterocycles. The van der Waals surface area contributed by atoms with Gasteiger partial charge in [-0.15, -0.1) is 0 Å². The first-order valence-electron chi connectivity index (χ1n) is 7.74. The lowest BCUT2D eigenvalue weighted by atomic mass is 10.0. The highest BCUT2D eigenvalue weighted by molar-refractivity contribution is 6.39. The van der Waals surface area contributed by atoms with Gasteiger partial charge in [0.25, 0.3) is 0 Å². The molecule has 0 unspecified atom stereocenters. The second-order valence-electron chi connectivity index (χ2n) is 5.84. The summed E-state index contributed by atoms with van der Waals surface area (Å²) in [4.78, 5) is 20.3. The predicted octanol–water partition coefficient (Wildman–Crippen LogP) is 2.98. The third-order valence-electron chi connectivity index (χ3n) is 4.41. The first-order valence-corrected chi connectivity index (χ1v) is 8.12. The number of nitrogens with zero attached hydrogens (tertiary/aromatic N) is 3. The van der Waals surface area contributed by atoms with Crippen LogP contribution in [0.25, 0.3) is 33.4 Å². The fourth-order valence-electron chi connectivity index (χ4n) is 3.28. The Hall–Kier alpha value is -3.18. The van der Waals surface area contributed by atoms with Crippen LogP contribution >= 0.6 is 11.6 Å². The van der Waals surface area contributed by atoms with Crippen LogP contribution in [0.1, 0.15) is 0 Å². The van der Waals surface area contributed by atoms with Crippen molar-refractivity contribution < 1.29 is 4.79 Å². The Bertz CT molecular complexity index is 1230. The molecule has 3 heterocycles. The van der Waals surface area contributed by atoms with Gasteiger partial charge >= 0.3 is 0 Å². The Balaban J connectivity index is 1.95. The Labute approximate surface area is 147 Å². The molecule has 0 bridgehead atoms. The molecule has 0 fully saturated rings. The first kappa shape index (κ1) is 14.2. The predicted molar refractivity (Wildman–Crippen MR) is 96.5 cm³/mol. The van der Waals surface area contributed by atoms with Gasteiger partial charge in [0.05, 0.1) is 27.9 Å². The van der Waals surface area contributed by atoms with E-state index >= 15 is 0 Å².